The highest BCUT2D eigenvalue weighted by molar-refractivity contribution is 5.30. The maximum atomic E-state index is 3.99. The zero-order valence-electron chi connectivity index (χ0n) is 8.79. The summed E-state index contributed by atoms with van der Waals surface area (Å²) in [5.41, 5.74) is 0. The monoisotopic (exact) mass is 193 g/mol. The van der Waals surface area contributed by atoms with E-state index in [1.807, 2.05) is 6.20 Å². The van der Waals surface area contributed by atoms with Crippen molar-refractivity contribution in [2.45, 2.75) is 32.6 Å². The molecule has 1 heterocycles. The number of anilines is 1. The molecule has 1 aromatic heterocycles. The Balaban J connectivity index is 1.79. The summed E-state index contributed by atoms with van der Waals surface area (Å²) >= 11 is 0. The Morgan fingerprint density at radius 3 is 3.07 bits per heavy atom. The largest absolute Gasteiger partial charge is 0.370 e. The van der Waals surface area contributed by atoms with Crippen LogP contribution in [0.3, 0.4) is 0 Å². The van der Waals surface area contributed by atoms with E-state index in [1.54, 1.807) is 6.33 Å². The van der Waals surface area contributed by atoms with Crippen LogP contribution in [0.5, 0.6) is 0 Å². The van der Waals surface area contributed by atoms with Gasteiger partial charge in [0.15, 0.2) is 0 Å². The van der Waals surface area contributed by atoms with Gasteiger partial charge in [0, 0.05) is 6.54 Å². The fraction of sp³-hybridized carbons (Fsp3) is 0.727. The molecule has 0 aliphatic heterocycles. The lowest BCUT2D eigenvalue weighted by atomic mass is 9.80. The third-order valence-corrected chi connectivity index (χ3v) is 3.34. The first-order valence-electron chi connectivity index (χ1n) is 5.58. The van der Waals surface area contributed by atoms with E-state index in [4.69, 9.17) is 0 Å². The third-order valence-electron chi connectivity index (χ3n) is 3.34. The molecule has 2 unspecified atom stereocenters. The number of rotatable bonds is 3. The normalized spacial score (nSPS) is 27.5. The topological polar surface area (TPSA) is 40.7 Å². The van der Waals surface area contributed by atoms with Crippen LogP contribution in [-0.2, 0) is 0 Å². The van der Waals surface area contributed by atoms with Crippen LogP contribution in [0.25, 0.3) is 0 Å². The fourth-order valence-electron chi connectivity index (χ4n) is 2.29. The molecule has 0 radical (unpaired) electrons. The van der Waals surface area contributed by atoms with Gasteiger partial charge >= 0.3 is 0 Å². The highest BCUT2D eigenvalue weighted by Crippen LogP contribution is 2.29. The van der Waals surface area contributed by atoms with E-state index in [1.165, 1.54) is 25.7 Å². The molecule has 3 nitrogen and oxygen atoms in total. The summed E-state index contributed by atoms with van der Waals surface area (Å²) in [5, 5.41) is 3.41. The molecule has 78 valence electrons. The molecule has 2 rings (SSSR count). The molecule has 2 atom stereocenters. The van der Waals surface area contributed by atoms with E-state index in [-0.39, 0.29) is 0 Å². The van der Waals surface area contributed by atoms with Crippen molar-refractivity contribution in [1.82, 2.24) is 9.97 Å². The second-order valence-electron chi connectivity index (χ2n) is 4.37. The molecule has 1 saturated carbocycles. The molecule has 1 aliphatic carbocycles. The highest BCUT2D eigenvalue weighted by atomic mass is 15.0. The van der Waals surface area contributed by atoms with Gasteiger partial charge in [-0.2, -0.15) is 0 Å². The number of nitrogens with zero attached hydrogens (tertiary/aromatic N) is 1. The number of aromatic nitrogens is 2. The van der Waals surface area contributed by atoms with Crippen LogP contribution in [0, 0.1) is 11.8 Å². The van der Waals surface area contributed by atoms with Crippen LogP contribution in [-0.4, -0.2) is 16.5 Å². The number of imidazole rings is 1. The minimum Gasteiger partial charge on any atom is -0.370 e. The first-order valence-corrected chi connectivity index (χ1v) is 5.58. The van der Waals surface area contributed by atoms with Gasteiger partial charge < -0.3 is 10.3 Å². The molecule has 0 amide bonds. The molecule has 0 spiro atoms. The molecule has 0 bridgehead atoms. The second-order valence-corrected chi connectivity index (χ2v) is 4.37. The summed E-state index contributed by atoms with van der Waals surface area (Å²) in [6.45, 7) is 3.46. The van der Waals surface area contributed by atoms with Crippen molar-refractivity contribution in [3.8, 4) is 0 Å². The predicted molar refractivity (Wildman–Crippen MR) is 58.2 cm³/mol. The Bertz CT molecular complexity index is 256. The Morgan fingerprint density at radius 1 is 1.50 bits per heavy atom. The Labute approximate surface area is 85.3 Å². The van der Waals surface area contributed by atoms with Crippen LogP contribution in [0.2, 0.25) is 0 Å². The number of H-pyrrole nitrogens is 1. The quantitative estimate of drug-likeness (QED) is 0.774. The van der Waals surface area contributed by atoms with E-state index in [9.17, 15) is 0 Å². The van der Waals surface area contributed by atoms with E-state index in [2.05, 4.69) is 22.2 Å². The van der Waals surface area contributed by atoms with Gasteiger partial charge in [-0.1, -0.05) is 26.2 Å². The summed E-state index contributed by atoms with van der Waals surface area (Å²) in [4.78, 5) is 7.06. The summed E-state index contributed by atoms with van der Waals surface area (Å²) in [5.74, 6) is 2.76. The van der Waals surface area contributed by atoms with Crippen molar-refractivity contribution in [2.24, 2.45) is 11.8 Å². The first-order chi connectivity index (χ1) is 6.86. The Hall–Kier alpha value is -0.990. The third kappa shape index (κ3) is 2.28. The maximum Gasteiger partial charge on any atom is 0.123 e. The number of hydrogen-bond donors (Lipinski definition) is 2. The highest BCUT2D eigenvalue weighted by Gasteiger charge is 2.20. The average molecular weight is 193 g/mol. The molecule has 0 saturated heterocycles. The molecule has 3 heteroatoms. The Morgan fingerprint density at radius 2 is 2.36 bits per heavy atom. The van der Waals surface area contributed by atoms with Crippen LogP contribution in [0.4, 0.5) is 5.82 Å². The minimum absolute atomic E-state index is 0.840. The minimum atomic E-state index is 0.840. The van der Waals surface area contributed by atoms with Gasteiger partial charge in [0.05, 0.1) is 12.5 Å². The lowest BCUT2D eigenvalue weighted by Gasteiger charge is -2.28. The van der Waals surface area contributed by atoms with E-state index in [0.29, 0.717) is 0 Å². The van der Waals surface area contributed by atoms with Crippen molar-refractivity contribution in [3.63, 3.8) is 0 Å². The molecule has 2 N–H and O–H groups in total. The standard InChI is InChI=1S/C11H19N3/c1-9-4-2-3-5-10(9)6-13-11-7-12-8-14-11/h7-10,13H,2-6H2,1H3,(H,12,14). The van der Waals surface area contributed by atoms with Crippen molar-refractivity contribution < 1.29 is 0 Å². The molecule has 1 aliphatic rings. The number of hydrogen-bond acceptors (Lipinski definition) is 2. The zero-order chi connectivity index (χ0) is 9.80. The van der Waals surface area contributed by atoms with E-state index in [0.717, 1.165) is 24.2 Å². The van der Waals surface area contributed by atoms with Gasteiger partial charge in [-0.25, -0.2) is 4.98 Å². The summed E-state index contributed by atoms with van der Waals surface area (Å²) < 4.78 is 0. The number of nitrogens with one attached hydrogen (secondary N) is 2. The van der Waals surface area contributed by atoms with Gasteiger partial charge in [0.1, 0.15) is 5.82 Å². The molecule has 0 aromatic carbocycles. The molecule has 1 fully saturated rings. The van der Waals surface area contributed by atoms with E-state index < -0.39 is 0 Å². The molecular weight excluding hydrogens is 174 g/mol. The van der Waals surface area contributed by atoms with E-state index >= 15 is 0 Å². The van der Waals surface area contributed by atoms with Crippen LogP contribution in [0.15, 0.2) is 12.5 Å². The smallest absolute Gasteiger partial charge is 0.123 e. The first kappa shape index (κ1) is 9.56. The van der Waals surface area contributed by atoms with Gasteiger partial charge in [0.25, 0.3) is 0 Å². The molecule has 14 heavy (non-hydrogen) atoms. The number of aromatic amines is 1. The maximum absolute atomic E-state index is 3.99. The van der Waals surface area contributed by atoms with Crippen LogP contribution in [0.1, 0.15) is 32.6 Å². The van der Waals surface area contributed by atoms with Crippen molar-refractivity contribution in [1.29, 1.82) is 0 Å². The summed E-state index contributed by atoms with van der Waals surface area (Å²) in [6.07, 6.45) is 9.15. The van der Waals surface area contributed by atoms with Crippen LogP contribution >= 0.6 is 0 Å². The molecular formula is C11H19N3. The van der Waals surface area contributed by atoms with Crippen molar-refractivity contribution in [3.05, 3.63) is 12.5 Å². The Kier molecular flexibility index (Phi) is 3.07. The lowest BCUT2D eigenvalue weighted by molar-refractivity contribution is 0.268. The van der Waals surface area contributed by atoms with Gasteiger partial charge in [-0.05, 0) is 18.3 Å². The summed E-state index contributed by atoms with van der Waals surface area (Å²) in [6, 6.07) is 0. The predicted octanol–water partition coefficient (Wildman–Crippen LogP) is 2.65. The zero-order valence-corrected chi connectivity index (χ0v) is 8.79. The van der Waals surface area contributed by atoms with Crippen molar-refractivity contribution in [2.75, 3.05) is 11.9 Å². The van der Waals surface area contributed by atoms with Crippen molar-refractivity contribution >= 4 is 5.82 Å². The fourth-order valence-corrected chi connectivity index (χ4v) is 2.29. The SMILES string of the molecule is CC1CCCCC1CNc1cnc[nH]1. The van der Waals surface area contributed by atoms with Gasteiger partial charge in [0.2, 0.25) is 0 Å². The van der Waals surface area contributed by atoms with Crippen LogP contribution < -0.4 is 5.32 Å². The average Bonchev–Trinajstić information content (AvgIpc) is 2.69. The molecule has 1 aromatic rings. The van der Waals surface area contributed by atoms with Gasteiger partial charge in [-0.15, -0.1) is 0 Å². The lowest BCUT2D eigenvalue weighted by Crippen LogP contribution is -2.24. The second kappa shape index (κ2) is 4.49. The van der Waals surface area contributed by atoms with Gasteiger partial charge in [-0.3, -0.25) is 0 Å². The summed E-state index contributed by atoms with van der Waals surface area (Å²) in [7, 11) is 0.